The van der Waals surface area contributed by atoms with Gasteiger partial charge in [0, 0.05) is 19.3 Å². The molecule has 1 atom stereocenters. The first-order chi connectivity index (χ1) is 40.0. The van der Waals surface area contributed by atoms with E-state index in [2.05, 4.69) is 179 Å². The van der Waals surface area contributed by atoms with Crippen LogP contribution in [0.5, 0.6) is 0 Å². The van der Waals surface area contributed by atoms with E-state index in [1.54, 1.807) is 0 Å². The topological polar surface area (TPSA) is 78.9 Å². The van der Waals surface area contributed by atoms with Gasteiger partial charge in [0.15, 0.2) is 6.10 Å². The van der Waals surface area contributed by atoms with Crippen molar-refractivity contribution in [3.8, 4) is 0 Å². The van der Waals surface area contributed by atoms with Gasteiger partial charge in [0.05, 0.1) is 0 Å². The SMILES string of the molecule is CC/C=C\C/C=C\C/C=C\C/C=C\C/C=C\C/C=C\CCCCCCCCC(=O)OCC(COC(=O)CCCCC/C=C\C/C=C\C/C=C\CC)OC(=O)CCCCCCCCCCCCCC/C=C\C/C=C\C/C=C\C/C=C\CC. The molecule has 0 spiro atoms. The second kappa shape index (κ2) is 67.5. The van der Waals surface area contributed by atoms with Crippen molar-refractivity contribution in [2.45, 2.75) is 284 Å². The maximum absolute atomic E-state index is 12.9. The normalized spacial score (nSPS) is 13.2. The molecule has 0 rings (SSSR count). The fourth-order valence-electron chi connectivity index (χ4n) is 8.69. The highest BCUT2D eigenvalue weighted by Crippen LogP contribution is 2.15. The number of esters is 3. The van der Waals surface area contributed by atoms with Gasteiger partial charge in [-0.25, -0.2) is 0 Å². The van der Waals surface area contributed by atoms with Gasteiger partial charge in [-0.2, -0.15) is 0 Å². The molecule has 0 saturated carbocycles. The number of hydrogen-bond donors (Lipinski definition) is 0. The van der Waals surface area contributed by atoms with E-state index in [1.807, 2.05) is 0 Å². The second-order valence-electron chi connectivity index (χ2n) is 21.2. The molecule has 0 heterocycles. The smallest absolute Gasteiger partial charge is 0.306 e. The molecule has 81 heavy (non-hydrogen) atoms. The lowest BCUT2D eigenvalue weighted by Gasteiger charge is -2.18. The van der Waals surface area contributed by atoms with Crippen LogP contribution in [0.4, 0.5) is 0 Å². The van der Waals surface area contributed by atoms with Crippen molar-refractivity contribution in [1.82, 2.24) is 0 Å². The van der Waals surface area contributed by atoms with Gasteiger partial charge in [-0.1, -0.05) is 275 Å². The van der Waals surface area contributed by atoms with Crippen LogP contribution in [0.3, 0.4) is 0 Å². The summed E-state index contributed by atoms with van der Waals surface area (Å²) in [5, 5.41) is 0. The Hall–Kier alpha value is -4.97. The van der Waals surface area contributed by atoms with Crippen molar-refractivity contribution in [3.63, 3.8) is 0 Å². The van der Waals surface area contributed by atoms with Crippen LogP contribution in [0.2, 0.25) is 0 Å². The third-order valence-corrected chi connectivity index (χ3v) is 13.5. The van der Waals surface area contributed by atoms with E-state index < -0.39 is 6.10 Å². The Morgan fingerprint density at radius 2 is 0.444 bits per heavy atom. The third-order valence-electron chi connectivity index (χ3n) is 13.5. The predicted octanol–water partition coefficient (Wildman–Crippen LogP) is 22.9. The van der Waals surface area contributed by atoms with Gasteiger partial charge in [0.1, 0.15) is 13.2 Å². The van der Waals surface area contributed by atoms with Crippen LogP contribution in [-0.4, -0.2) is 37.2 Å². The summed E-state index contributed by atoms with van der Waals surface area (Å²) in [5.41, 5.74) is 0. The molecule has 6 nitrogen and oxygen atoms in total. The number of ether oxygens (including phenoxy) is 3. The molecule has 0 aromatic heterocycles. The molecule has 0 fully saturated rings. The summed E-state index contributed by atoms with van der Waals surface area (Å²) in [6.45, 7) is 6.26. The summed E-state index contributed by atoms with van der Waals surface area (Å²) >= 11 is 0. The minimum Gasteiger partial charge on any atom is -0.462 e. The first-order valence-corrected chi connectivity index (χ1v) is 33.0. The van der Waals surface area contributed by atoms with Crippen LogP contribution >= 0.6 is 0 Å². The molecule has 0 N–H and O–H groups in total. The lowest BCUT2D eigenvalue weighted by molar-refractivity contribution is -0.167. The molecule has 0 aliphatic rings. The standard InChI is InChI=1S/C75H120O6/c1-4-7-10-13-16-19-22-25-27-29-31-33-35-37-39-41-43-45-47-50-53-56-59-62-65-68-74(77)80-71-72(70-79-73(76)67-64-61-58-55-52-49-24-21-18-15-12-9-6-3)81-75(78)69-66-63-60-57-54-51-48-46-44-42-40-38-36-34-32-30-28-26-23-20-17-14-11-8-5-2/h7-12,16-21,25-28,31-34,37,39,43,45,49,52,72H,4-6,13-15,22-24,29-30,35-36,38,40-42,44,46-48,50-51,53-71H2,1-3H3/b10-7-,11-8-,12-9-,19-16-,20-17-,21-18-,27-25-,28-26-,33-31-,34-32-,39-37-,45-43-,52-49-. The molecule has 6 heteroatoms. The maximum Gasteiger partial charge on any atom is 0.306 e. The molecule has 1 unspecified atom stereocenters. The Morgan fingerprint density at radius 1 is 0.247 bits per heavy atom. The van der Waals surface area contributed by atoms with Gasteiger partial charge in [0.25, 0.3) is 0 Å². The third kappa shape index (κ3) is 65.7. The number of carbonyl (C=O) groups excluding carboxylic acids is 3. The van der Waals surface area contributed by atoms with E-state index in [0.29, 0.717) is 19.3 Å². The highest BCUT2D eigenvalue weighted by atomic mass is 16.6. The van der Waals surface area contributed by atoms with E-state index in [9.17, 15) is 14.4 Å². The van der Waals surface area contributed by atoms with Gasteiger partial charge in [0.2, 0.25) is 0 Å². The second-order valence-corrected chi connectivity index (χ2v) is 21.2. The summed E-state index contributed by atoms with van der Waals surface area (Å²) in [4.78, 5) is 38.4. The van der Waals surface area contributed by atoms with Crippen molar-refractivity contribution < 1.29 is 28.6 Å². The van der Waals surface area contributed by atoms with Gasteiger partial charge >= 0.3 is 17.9 Å². The van der Waals surface area contributed by atoms with Crippen LogP contribution in [0, 0.1) is 0 Å². The molecule has 0 aromatic rings. The van der Waals surface area contributed by atoms with Crippen LogP contribution in [-0.2, 0) is 28.6 Å². The summed E-state index contributed by atoms with van der Waals surface area (Å²) in [6, 6.07) is 0. The molecule has 0 radical (unpaired) electrons. The molecule has 0 aliphatic carbocycles. The number of unbranched alkanes of at least 4 members (excludes halogenated alkanes) is 21. The van der Waals surface area contributed by atoms with Gasteiger partial charge in [-0.15, -0.1) is 0 Å². The number of rotatable bonds is 58. The highest BCUT2D eigenvalue weighted by Gasteiger charge is 2.19. The minimum atomic E-state index is -0.807. The van der Waals surface area contributed by atoms with Crippen LogP contribution in [0.1, 0.15) is 278 Å². The molecule has 0 aromatic carbocycles. The minimum absolute atomic E-state index is 0.102. The molecule has 0 saturated heterocycles. The molecule has 0 aliphatic heterocycles. The Kier molecular flexibility index (Phi) is 63.4. The lowest BCUT2D eigenvalue weighted by atomic mass is 10.0. The molecular weight excluding hydrogens is 997 g/mol. The highest BCUT2D eigenvalue weighted by molar-refractivity contribution is 5.71. The van der Waals surface area contributed by atoms with Gasteiger partial charge in [-0.05, 0) is 141 Å². The first-order valence-electron chi connectivity index (χ1n) is 33.0. The predicted molar refractivity (Wildman–Crippen MR) is 352 cm³/mol. The monoisotopic (exact) mass is 1120 g/mol. The van der Waals surface area contributed by atoms with Gasteiger partial charge < -0.3 is 14.2 Å². The van der Waals surface area contributed by atoms with Gasteiger partial charge in [-0.3, -0.25) is 14.4 Å². The lowest BCUT2D eigenvalue weighted by Crippen LogP contribution is -2.30. The van der Waals surface area contributed by atoms with E-state index in [-0.39, 0.29) is 31.1 Å². The summed E-state index contributed by atoms with van der Waals surface area (Å²) < 4.78 is 16.9. The number of hydrogen-bond acceptors (Lipinski definition) is 6. The zero-order valence-electron chi connectivity index (χ0n) is 52.2. The van der Waals surface area contributed by atoms with E-state index >= 15 is 0 Å². The quantitative estimate of drug-likeness (QED) is 0.0261. The molecular formula is C75H120O6. The fraction of sp³-hybridized carbons (Fsp3) is 0.613. The van der Waals surface area contributed by atoms with E-state index in [0.717, 1.165) is 161 Å². The van der Waals surface area contributed by atoms with Crippen molar-refractivity contribution >= 4 is 17.9 Å². The first kappa shape index (κ1) is 76.0. The summed E-state index contributed by atoms with van der Waals surface area (Å²) in [7, 11) is 0. The van der Waals surface area contributed by atoms with Crippen molar-refractivity contribution in [1.29, 1.82) is 0 Å². The Labute approximate surface area is 499 Å². The number of carbonyl (C=O) groups is 3. The Balaban J connectivity index is 4.39. The van der Waals surface area contributed by atoms with E-state index in [1.165, 1.54) is 77.0 Å². The largest absolute Gasteiger partial charge is 0.462 e. The summed E-state index contributed by atoms with van der Waals surface area (Å²) in [6.07, 6.45) is 98.3. The number of allylic oxidation sites excluding steroid dienone is 26. The fourth-order valence-corrected chi connectivity index (χ4v) is 8.69. The zero-order valence-corrected chi connectivity index (χ0v) is 52.2. The van der Waals surface area contributed by atoms with Crippen LogP contribution in [0.15, 0.2) is 158 Å². The molecule has 0 amide bonds. The summed E-state index contributed by atoms with van der Waals surface area (Å²) in [5.74, 6) is -0.947. The maximum atomic E-state index is 12.9. The van der Waals surface area contributed by atoms with Crippen LogP contribution < -0.4 is 0 Å². The molecule has 0 bridgehead atoms. The molecule has 456 valence electrons. The van der Waals surface area contributed by atoms with E-state index in [4.69, 9.17) is 14.2 Å². The Bertz CT molecular complexity index is 1810. The average molecular weight is 1120 g/mol. The zero-order chi connectivity index (χ0) is 58.5. The average Bonchev–Trinajstić information content (AvgIpc) is 3.46. The van der Waals surface area contributed by atoms with Crippen LogP contribution in [0.25, 0.3) is 0 Å². The van der Waals surface area contributed by atoms with Crippen molar-refractivity contribution in [2.24, 2.45) is 0 Å². The Morgan fingerprint density at radius 3 is 0.704 bits per heavy atom. The van der Waals surface area contributed by atoms with Crippen molar-refractivity contribution in [3.05, 3.63) is 158 Å². The van der Waals surface area contributed by atoms with Crippen molar-refractivity contribution in [2.75, 3.05) is 13.2 Å².